The van der Waals surface area contributed by atoms with Crippen molar-refractivity contribution < 1.29 is 17.9 Å². The molecule has 2 fully saturated rings. The quantitative estimate of drug-likeness (QED) is 0.876. The molecule has 2 atom stereocenters. The lowest BCUT2D eigenvalue weighted by atomic mass is 9.95. The molecular formula is C16H20N2O4S. The Morgan fingerprint density at radius 2 is 2.00 bits per heavy atom. The molecule has 1 saturated carbocycles. The Kier molecular flexibility index (Phi) is 3.48. The first kappa shape index (κ1) is 15.1. The molecule has 1 aliphatic heterocycles. The van der Waals surface area contributed by atoms with Crippen molar-refractivity contribution in [3.05, 3.63) is 35.4 Å². The fourth-order valence-corrected chi connectivity index (χ4v) is 5.14. The topological polar surface area (TPSA) is 75.7 Å². The van der Waals surface area contributed by atoms with Crippen molar-refractivity contribution in [2.24, 2.45) is 5.92 Å². The summed E-state index contributed by atoms with van der Waals surface area (Å²) in [6.07, 6.45) is 2.65. The molecule has 1 saturated heterocycles. The maximum atomic E-state index is 12.5. The Bertz CT molecular complexity index is 742. The first-order valence-electron chi connectivity index (χ1n) is 8.01. The van der Waals surface area contributed by atoms with E-state index >= 15 is 0 Å². The van der Waals surface area contributed by atoms with E-state index < -0.39 is 10.2 Å². The molecule has 7 heteroatoms. The van der Waals surface area contributed by atoms with Crippen molar-refractivity contribution in [3.8, 4) is 0 Å². The summed E-state index contributed by atoms with van der Waals surface area (Å²) >= 11 is 0. The number of nitrogens with zero attached hydrogens (tertiary/aromatic N) is 1. The zero-order valence-electron chi connectivity index (χ0n) is 12.8. The number of benzene rings is 1. The Labute approximate surface area is 136 Å². The molecule has 4 rings (SSSR count). The molecule has 1 aromatic rings. The van der Waals surface area contributed by atoms with Crippen molar-refractivity contribution in [2.75, 3.05) is 26.3 Å². The number of hydrogen-bond donors (Lipinski definition) is 1. The maximum absolute atomic E-state index is 12.5. The minimum absolute atomic E-state index is 0.138. The SMILES string of the molecule is O=C(NS(=O)(=O)N1CCOCC1)[C@H]1C[C@]12CCc1ccccc12. The Balaban J connectivity index is 1.48. The van der Waals surface area contributed by atoms with Gasteiger partial charge in [-0.15, -0.1) is 0 Å². The van der Waals surface area contributed by atoms with Gasteiger partial charge in [-0.1, -0.05) is 24.3 Å². The third-order valence-electron chi connectivity index (χ3n) is 5.33. The smallest absolute Gasteiger partial charge is 0.303 e. The van der Waals surface area contributed by atoms with Crippen molar-refractivity contribution in [1.29, 1.82) is 0 Å². The van der Waals surface area contributed by atoms with E-state index in [0.717, 1.165) is 19.3 Å². The summed E-state index contributed by atoms with van der Waals surface area (Å²) < 4.78 is 33.3. The molecule has 23 heavy (non-hydrogen) atoms. The van der Waals surface area contributed by atoms with Crippen LogP contribution in [0.25, 0.3) is 0 Å². The molecule has 3 aliphatic rings. The van der Waals surface area contributed by atoms with Gasteiger partial charge < -0.3 is 4.74 Å². The fraction of sp³-hybridized carbons (Fsp3) is 0.562. The number of hydrogen-bond acceptors (Lipinski definition) is 4. The number of nitrogens with one attached hydrogen (secondary N) is 1. The largest absolute Gasteiger partial charge is 0.379 e. The van der Waals surface area contributed by atoms with Crippen LogP contribution >= 0.6 is 0 Å². The van der Waals surface area contributed by atoms with Gasteiger partial charge in [-0.3, -0.25) is 4.79 Å². The standard InChI is InChI=1S/C16H20N2O4S/c19-15(17-23(20,21)18-7-9-22-10-8-18)14-11-16(14)6-5-12-3-1-2-4-13(12)16/h1-4,14H,5-11H2,(H,17,19)/t14-,16+/m1/s1. The van der Waals surface area contributed by atoms with Crippen LogP contribution in [0.1, 0.15) is 24.0 Å². The second-order valence-corrected chi connectivity index (χ2v) is 8.22. The van der Waals surface area contributed by atoms with Crippen LogP contribution in [0, 0.1) is 5.92 Å². The molecule has 1 spiro atoms. The number of ether oxygens (including phenoxy) is 1. The molecule has 1 amide bonds. The maximum Gasteiger partial charge on any atom is 0.303 e. The zero-order chi connectivity index (χ0) is 16.1. The second-order valence-electron chi connectivity index (χ2n) is 6.55. The van der Waals surface area contributed by atoms with Gasteiger partial charge in [-0.2, -0.15) is 12.7 Å². The van der Waals surface area contributed by atoms with Crippen LogP contribution < -0.4 is 4.72 Å². The highest BCUT2D eigenvalue weighted by atomic mass is 32.2. The van der Waals surface area contributed by atoms with Gasteiger partial charge in [0.1, 0.15) is 0 Å². The van der Waals surface area contributed by atoms with Crippen LogP contribution in [0.3, 0.4) is 0 Å². The molecule has 124 valence electrons. The Morgan fingerprint density at radius 1 is 1.26 bits per heavy atom. The predicted molar refractivity (Wildman–Crippen MR) is 84.0 cm³/mol. The molecule has 1 N–H and O–H groups in total. The van der Waals surface area contributed by atoms with E-state index in [9.17, 15) is 13.2 Å². The molecule has 1 heterocycles. The molecule has 1 aromatic carbocycles. The van der Waals surface area contributed by atoms with E-state index in [1.165, 1.54) is 15.4 Å². The molecule has 0 radical (unpaired) electrons. The van der Waals surface area contributed by atoms with Crippen LogP contribution in [-0.2, 0) is 31.6 Å². The van der Waals surface area contributed by atoms with Crippen molar-refractivity contribution in [2.45, 2.75) is 24.7 Å². The van der Waals surface area contributed by atoms with Crippen LogP contribution in [0.15, 0.2) is 24.3 Å². The van der Waals surface area contributed by atoms with Gasteiger partial charge in [-0.25, -0.2) is 4.72 Å². The number of fused-ring (bicyclic) bond motifs is 2. The van der Waals surface area contributed by atoms with Crippen molar-refractivity contribution in [3.63, 3.8) is 0 Å². The van der Waals surface area contributed by atoms with E-state index in [-0.39, 0.29) is 17.2 Å². The summed E-state index contributed by atoms with van der Waals surface area (Å²) in [4.78, 5) is 12.5. The van der Waals surface area contributed by atoms with E-state index in [1.54, 1.807) is 0 Å². The third-order valence-corrected chi connectivity index (χ3v) is 6.83. The highest BCUT2D eigenvalue weighted by molar-refractivity contribution is 7.87. The van der Waals surface area contributed by atoms with E-state index in [4.69, 9.17) is 4.74 Å². The van der Waals surface area contributed by atoms with Gasteiger partial charge in [0.2, 0.25) is 5.91 Å². The van der Waals surface area contributed by atoms with Crippen molar-refractivity contribution in [1.82, 2.24) is 9.03 Å². The summed E-state index contributed by atoms with van der Waals surface area (Å²) in [5.74, 6) is -0.602. The fourth-order valence-electron chi connectivity index (χ4n) is 3.99. The van der Waals surface area contributed by atoms with Gasteiger partial charge in [0.05, 0.1) is 13.2 Å². The lowest BCUT2D eigenvalue weighted by Gasteiger charge is -2.26. The van der Waals surface area contributed by atoms with E-state index in [0.29, 0.717) is 26.3 Å². The minimum Gasteiger partial charge on any atom is -0.379 e. The van der Waals surface area contributed by atoms with Crippen LogP contribution in [0.2, 0.25) is 0 Å². The molecule has 0 aromatic heterocycles. The van der Waals surface area contributed by atoms with E-state index in [1.807, 2.05) is 12.1 Å². The predicted octanol–water partition coefficient (Wildman–Crippen LogP) is 0.584. The van der Waals surface area contributed by atoms with Crippen molar-refractivity contribution >= 4 is 16.1 Å². The first-order valence-corrected chi connectivity index (χ1v) is 9.45. The van der Waals surface area contributed by atoms with E-state index in [2.05, 4.69) is 16.9 Å². The number of morpholine rings is 1. The van der Waals surface area contributed by atoms with Gasteiger partial charge >= 0.3 is 10.2 Å². The molecular weight excluding hydrogens is 316 g/mol. The lowest BCUT2D eigenvalue weighted by Crippen LogP contribution is -2.49. The first-order chi connectivity index (χ1) is 11.0. The average molecular weight is 336 g/mol. The van der Waals surface area contributed by atoms with Crippen LogP contribution in [-0.4, -0.2) is 44.9 Å². The summed E-state index contributed by atoms with van der Waals surface area (Å²) in [6.45, 7) is 1.33. The number of aryl methyl sites for hydroxylation is 1. The Hall–Kier alpha value is -1.44. The Morgan fingerprint density at radius 3 is 2.78 bits per heavy atom. The molecule has 0 unspecified atom stereocenters. The second kappa shape index (κ2) is 5.29. The number of amides is 1. The normalized spacial score (nSPS) is 30.2. The summed E-state index contributed by atoms with van der Waals surface area (Å²) in [7, 11) is -3.76. The van der Waals surface area contributed by atoms with Crippen LogP contribution in [0.4, 0.5) is 0 Å². The molecule has 2 aliphatic carbocycles. The lowest BCUT2D eigenvalue weighted by molar-refractivity contribution is -0.121. The van der Waals surface area contributed by atoms with Crippen LogP contribution in [0.5, 0.6) is 0 Å². The minimum atomic E-state index is -3.76. The van der Waals surface area contributed by atoms with Gasteiger partial charge in [0.15, 0.2) is 0 Å². The monoisotopic (exact) mass is 336 g/mol. The van der Waals surface area contributed by atoms with Gasteiger partial charge in [-0.05, 0) is 30.4 Å². The zero-order valence-corrected chi connectivity index (χ0v) is 13.6. The number of carbonyl (C=O) groups is 1. The average Bonchev–Trinajstić information content (AvgIpc) is 3.18. The molecule has 0 bridgehead atoms. The summed E-state index contributed by atoms with van der Waals surface area (Å²) in [5.41, 5.74) is 2.38. The van der Waals surface area contributed by atoms with Gasteiger partial charge in [0.25, 0.3) is 0 Å². The third kappa shape index (κ3) is 2.47. The number of rotatable bonds is 3. The summed E-state index contributed by atoms with van der Waals surface area (Å²) in [5, 5.41) is 0. The molecule has 6 nitrogen and oxygen atoms in total. The number of carbonyl (C=O) groups excluding carboxylic acids is 1. The highest BCUT2D eigenvalue weighted by Crippen LogP contribution is 2.61. The highest BCUT2D eigenvalue weighted by Gasteiger charge is 2.61. The summed E-state index contributed by atoms with van der Waals surface area (Å²) in [6, 6.07) is 8.18. The van der Waals surface area contributed by atoms with Gasteiger partial charge in [0, 0.05) is 24.4 Å².